The van der Waals surface area contributed by atoms with Gasteiger partial charge in [0, 0.05) is 11.8 Å². The minimum atomic E-state index is -0.381. The average Bonchev–Trinajstić information content (AvgIpc) is 3.59. The predicted octanol–water partition coefficient (Wildman–Crippen LogP) is 6.69. The molecule has 0 spiro atoms. The molecule has 1 atom stereocenters. The standard InChI is InChI=1S/C33H33N5O3/c1-5-27-26-21-37(33(39)34-28-20-22(2)13-18-30(28)41-4)31(23-14-16-25(40-3)17-15-23)29-12-9-19-36(29)32(26)38(35-27)24-10-7-6-8-11-24/h6-20,31H,5,21H2,1-4H3,(H,34,39). The fourth-order valence-electron chi connectivity index (χ4n) is 5.59. The lowest BCUT2D eigenvalue weighted by molar-refractivity contribution is 0.194. The van der Waals surface area contributed by atoms with Gasteiger partial charge in [-0.25, -0.2) is 9.48 Å². The summed E-state index contributed by atoms with van der Waals surface area (Å²) >= 11 is 0. The number of urea groups is 1. The zero-order valence-corrected chi connectivity index (χ0v) is 23.7. The van der Waals surface area contributed by atoms with E-state index in [4.69, 9.17) is 14.6 Å². The van der Waals surface area contributed by atoms with Crippen LogP contribution in [0.5, 0.6) is 11.5 Å². The Morgan fingerprint density at radius 3 is 2.46 bits per heavy atom. The van der Waals surface area contributed by atoms with E-state index in [1.165, 1.54) is 0 Å². The van der Waals surface area contributed by atoms with Crippen molar-refractivity contribution in [1.29, 1.82) is 0 Å². The maximum Gasteiger partial charge on any atom is 0.323 e. The number of amides is 2. The SMILES string of the molecule is CCc1nn(-c2ccccc2)c2c1CN(C(=O)Nc1cc(C)ccc1OC)C(c1ccc(OC)cc1)c1cccn1-2. The maximum absolute atomic E-state index is 14.3. The molecule has 208 valence electrons. The molecule has 2 aromatic heterocycles. The van der Waals surface area contributed by atoms with E-state index in [1.807, 2.05) is 83.2 Å². The zero-order chi connectivity index (χ0) is 28.5. The monoisotopic (exact) mass is 547 g/mol. The number of carbonyl (C=O) groups is 1. The molecule has 1 unspecified atom stereocenters. The van der Waals surface area contributed by atoms with Crippen LogP contribution in [0.2, 0.25) is 0 Å². The highest BCUT2D eigenvalue weighted by molar-refractivity contribution is 5.92. The van der Waals surface area contributed by atoms with Gasteiger partial charge in [-0.15, -0.1) is 0 Å². The lowest BCUT2D eigenvalue weighted by Crippen LogP contribution is -2.38. The summed E-state index contributed by atoms with van der Waals surface area (Å²) in [5, 5.41) is 8.19. The van der Waals surface area contributed by atoms with Crippen molar-refractivity contribution in [3.05, 3.63) is 119 Å². The van der Waals surface area contributed by atoms with Gasteiger partial charge >= 0.3 is 6.03 Å². The van der Waals surface area contributed by atoms with Crippen LogP contribution < -0.4 is 14.8 Å². The number of benzene rings is 3. The molecule has 0 aliphatic carbocycles. The quantitative estimate of drug-likeness (QED) is 0.257. The highest BCUT2D eigenvalue weighted by Crippen LogP contribution is 2.39. The van der Waals surface area contributed by atoms with Gasteiger partial charge < -0.3 is 24.3 Å². The van der Waals surface area contributed by atoms with Crippen LogP contribution in [0.25, 0.3) is 11.5 Å². The van der Waals surface area contributed by atoms with Crippen molar-refractivity contribution < 1.29 is 14.3 Å². The lowest BCUT2D eigenvalue weighted by Gasteiger charge is -2.31. The number of aromatic nitrogens is 3. The number of hydrogen-bond donors (Lipinski definition) is 1. The summed E-state index contributed by atoms with van der Waals surface area (Å²) in [6.45, 7) is 4.46. The molecular weight excluding hydrogens is 514 g/mol. The van der Waals surface area contributed by atoms with Gasteiger partial charge in [0.05, 0.1) is 49.6 Å². The summed E-state index contributed by atoms with van der Waals surface area (Å²) < 4.78 is 15.2. The Bertz CT molecular complexity index is 1690. The molecule has 0 fully saturated rings. The molecular formula is C33H33N5O3. The highest BCUT2D eigenvalue weighted by atomic mass is 16.5. The van der Waals surface area contributed by atoms with Crippen molar-refractivity contribution in [3.63, 3.8) is 0 Å². The van der Waals surface area contributed by atoms with Crippen LogP contribution >= 0.6 is 0 Å². The number of anilines is 1. The van der Waals surface area contributed by atoms with Gasteiger partial charge in [-0.3, -0.25) is 0 Å². The summed E-state index contributed by atoms with van der Waals surface area (Å²) in [7, 11) is 3.26. The second-order valence-corrected chi connectivity index (χ2v) is 10.1. The lowest BCUT2D eigenvalue weighted by atomic mass is 10.0. The Morgan fingerprint density at radius 1 is 0.976 bits per heavy atom. The average molecular weight is 548 g/mol. The number of nitrogens with zero attached hydrogens (tertiary/aromatic N) is 4. The number of ether oxygens (including phenoxy) is 2. The molecule has 1 aliphatic heterocycles. The fraction of sp³-hybridized carbons (Fsp3) is 0.212. The van der Waals surface area contributed by atoms with Crippen LogP contribution in [0.15, 0.2) is 91.1 Å². The van der Waals surface area contributed by atoms with E-state index in [0.717, 1.165) is 51.8 Å². The smallest absolute Gasteiger partial charge is 0.323 e. The Morgan fingerprint density at radius 2 is 1.76 bits per heavy atom. The molecule has 3 aromatic carbocycles. The molecule has 3 heterocycles. The van der Waals surface area contributed by atoms with Crippen molar-refractivity contribution in [1.82, 2.24) is 19.2 Å². The molecule has 8 heteroatoms. The van der Waals surface area contributed by atoms with Gasteiger partial charge in [0.15, 0.2) is 0 Å². The Labute approximate surface area is 239 Å². The van der Waals surface area contributed by atoms with Crippen LogP contribution in [0, 0.1) is 6.92 Å². The van der Waals surface area contributed by atoms with Crippen LogP contribution in [-0.4, -0.2) is 39.5 Å². The van der Waals surface area contributed by atoms with E-state index in [-0.39, 0.29) is 12.1 Å². The largest absolute Gasteiger partial charge is 0.497 e. The van der Waals surface area contributed by atoms with Gasteiger partial charge in [0.2, 0.25) is 0 Å². The van der Waals surface area contributed by atoms with E-state index >= 15 is 0 Å². The van der Waals surface area contributed by atoms with Crippen molar-refractivity contribution in [2.24, 2.45) is 0 Å². The summed E-state index contributed by atoms with van der Waals surface area (Å²) in [4.78, 5) is 16.2. The second kappa shape index (κ2) is 10.9. The molecule has 1 aliphatic rings. The number of aryl methyl sites for hydroxylation is 2. The molecule has 0 bridgehead atoms. The molecule has 0 saturated carbocycles. The molecule has 41 heavy (non-hydrogen) atoms. The predicted molar refractivity (Wildman–Crippen MR) is 159 cm³/mol. The third-order valence-electron chi connectivity index (χ3n) is 7.59. The van der Waals surface area contributed by atoms with Crippen LogP contribution in [0.4, 0.5) is 10.5 Å². The number of hydrogen-bond acceptors (Lipinski definition) is 4. The third-order valence-corrected chi connectivity index (χ3v) is 7.59. The Balaban J connectivity index is 1.54. The van der Waals surface area contributed by atoms with Gasteiger partial charge in [-0.2, -0.15) is 5.10 Å². The van der Waals surface area contributed by atoms with E-state index in [0.29, 0.717) is 18.0 Å². The van der Waals surface area contributed by atoms with Crippen molar-refractivity contribution >= 4 is 11.7 Å². The summed E-state index contributed by atoms with van der Waals surface area (Å²) in [5.41, 5.74) is 6.51. The van der Waals surface area contributed by atoms with Crippen molar-refractivity contribution in [2.45, 2.75) is 32.9 Å². The first-order chi connectivity index (χ1) is 20.0. The van der Waals surface area contributed by atoms with E-state index in [1.54, 1.807) is 14.2 Å². The van der Waals surface area contributed by atoms with Crippen LogP contribution in [0.3, 0.4) is 0 Å². The summed E-state index contributed by atoms with van der Waals surface area (Å²) in [6, 6.07) is 27.3. The minimum Gasteiger partial charge on any atom is -0.497 e. The van der Waals surface area contributed by atoms with Gasteiger partial charge in [-0.1, -0.05) is 43.3 Å². The van der Waals surface area contributed by atoms with Gasteiger partial charge in [0.1, 0.15) is 17.3 Å². The van der Waals surface area contributed by atoms with E-state index < -0.39 is 0 Å². The third kappa shape index (κ3) is 4.71. The first-order valence-electron chi connectivity index (χ1n) is 13.7. The van der Waals surface area contributed by atoms with Crippen molar-refractivity contribution in [2.75, 3.05) is 19.5 Å². The normalized spacial score (nSPS) is 14.1. The Kier molecular flexibility index (Phi) is 6.97. The molecule has 6 rings (SSSR count). The number of nitrogens with one attached hydrogen (secondary N) is 1. The fourth-order valence-corrected chi connectivity index (χ4v) is 5.59. The molecule has 5 aromatic rings. The second-order valence-electron chi connectivity index (χ2n) is 10.1. The Hall–Kier alpha value is -4.98. The summed E-state index contributed by atoms with van der Waals surface area (Å²) in [6.07, 6.45) is 2.78. The zero-order valence-electron chi connectivity index (χ0n) is 23.7. The maximum atomic E-state index is 14.3. The molecule has 8 nitrogen and oxygen atoms in total. The van der Waals surface area contributed by atoms with Crippen molar-refractivity contribution in [3.8, 4) is 23.0 Å². The number of para-hydroxylation sites is 1. The highest BCUT2D eigenvalue weighted by Gasteiger charge is 2.36. The summed E-state index contributed by atoms with van der Waals surface area (Å²) in [5.74, 6) is 2.31. The molecule has 1 N–H and O–H groups in total. The number of fused-ring (bicyclic) bond motifs is 3. The molecule has 0 saturated heterocycles. The van der Waals surface area contributed by atoms with E-state index in [9.17, 15) is 4.79 Å². The van der Waals surface area contributed by atoms with E-state index in [2.05, 4.69) is 41.2 Å². The van der Waals surface area contributed by atoms with Crippen LogP contribution in [-0.2, 0) is 13.0 Å². The molecule has 0 radical (unpaired) electrons. The number of methoxy groups -OCH3 is 2. The first kappa shape index (κ1) is 26.3. The van der Waals surface area contributed by atoms with Crippen LogP contribution in [0.1, 0.15) is 41.0 Å². The topological polar surface area (TPSA) is 73.6 Å². The number of rotatable bonds is 6. The minimum absolute atomic E-state index is 0.232. The number of carbonyl (C=O) groups excluding carboxylic acids is 1. The molecule has 2 amide bonds. The van der Waals surface area contributed by atoms with Gasteiger partial charge in [-0.05, 0) is 73.0 Å². The van der Waals surface area contributed by atoms with Gasteiger partial charge in [0.25, 0.3) is 0 Å². The first-order valence-corrected chi connectivity index (χ1v) is 13.7.